The molecule has 2 radical (unpaired) electrons. The fraction of sp³-hybridized carbons (Fsp3) is 1.00. The second kappa shape index (κ2) is 2.70. The zero-order chi connectivity index (χ0) is 4.28. The van der Waals surface area contributed by atoms with Crippen LogP contribution in [0.25, 0.3) is 0 Å². The van der Waals surface area contributed by atoms with E-state index in [-0.39, 0.29) is 0 Å². The zero-order valence-corrected chi connectivity index (χ0v) is 4.38. The zero-order valence-electron chi connectivity index (χ0n) is 3.56. The third kappa shape index (κ3) is 4.48. The normalized spacial score (nSPS) is 7.80. The molecular weight excluding hydrogens is 77.7 g/mol. The van der Waals surface area contributed by atoms with Crippen LogP contribution in [0.1, 0.15) is 0 Å². The van der Waals surface area contributed by atoms with Gasteiger partial charge in [-0.05, 0) is 0 Å². The molecule has 0 aromatic rings. The number of hydrogen-bond acceptors (Lipinski definition) is 0. The molecule has 0 atom stereocenters. The van der Waals surface area contributed by atoms with Crippen LogP contribution >= 0.6 is 10.3 Å². The van der Waals surface area contributed by atoms with E-state index in [1.54, 1.807) is 6.05 Å². The fourth-order valence-electron chi connectivity index (χ4n) is 0. The molecule has 0 amide bonds. The molecule has 26 valence electrons. The van der Waals surface area contributed by atoms with E-state index in [1.165, 1.54) is 0 Å². The van der Waals surface area contributed by atoms with Crippen molar-refractivity contribution in [1.82, 2.24) is 0 Å². The molecule has 0 nitrogen and oxygen atoms in total. The quantitative estimate of drug-likeness (QED) is 0.368. The average molecular weight is 83.8 g/mol. The van der Waals surface area contributed by atoms with Crippen molar-refractivity contribution in [3.8, 4) is 0 Å². The first-order chi connectivity index (χ1) is 2.27. The van der Waals surface area contributed by atoms with Crippen LogP contribution in [-0.4, -0.2) is 26.3 Å². The van der Waals surface area contributed by atoms with Gasteiger partial charge < -0.3 is 0 Å². The Kier molecular flexibility index (Phi) is 2.96. The average Bonchev–Trinajstić information content (AvgIpc) is 1.38. The summed E-state index contributed by atoms with van der Waals surface area (Å²) in [6.45, 7) is 0. The van der Waals surface area contributed by atoms with E-state index in [0.717, 1.165) is 0 Å². The number of rotatable bonds is 0. The Bertz CT molecular complexity index is 45.6. The van der Waals surface area contributed by atoms with Gasteiger partial charge in [-0.15, -0.1) is 0 Å². The molecule has 0 aliphatic rings. The van der Waals surface area contributed by atoms with Gasteiger partial charge >= 0.3 is 36.6 Å². The van der Waals surface area contributed by atoms with E-state index < -0.39 is 0 Å². The van der Waals surface area contributed by atoms with E-state index in [9.17, 15) is 0 Å². The molecule has 0 spiro atoms. The van der Waals surface area contributed by atoms with Crippen molar-refractivity contribution >= 4 is 24.1 Å². The van der Waals surface area contributed by atoms with Gasteiger partial charge in [0.05, 0.1) is 0 Å². The Morgan fingerprint density at radius 3 is 1.80 bits per heavy atom. The van der Waals surface area contributed by atoms with Crippen molar-refractivity contribution in [3.05, 3.63) is 0 Å². The Morgan fingerprint density at radius 1 is 1.60 bits per heavy atom. The molecule has 0 bridgehead atoms. The Hall–Kier alpha value is 0.480. The molecule has 0 N–H and O–H groups in total. The first-order valence-electron chi connectivity index (χ1n) is 1.39. The van der Waals surface area contributed by atoms with E-state index >= 15 is 0 Å². The molecule has 0 unspecified atom stereocenters. The maximum atomic E-state index is 5.06. The van der Waals surface area contributed by atoms with Crippen LogP contribution in [0.15, 0.2) is 0 Å². The molecule has 0 rings (SSSR count). The summed E-state index contributed by atoms with van der Waals surface area (Å²) in [7, 11) is 5.39. The van der Waals surface area contributed by atoms with Crippen LogP contribution in [0.4, 0.5) is 0 Å². The molecule has 3 heteroatoms. The van der Waals surface area contributed by atoms with E-state index in [2.05, 4.69) is 12.5 Å². The molecule has 0 aliphatic carbocycles. The van der Waals surface area contributed by atoms with Gasteiger partial charge in [0.15, 0.2) is 0 Å². The topological polar surface area (TPSA) is 0 Å². The fourth-order valence-corrected chi connectivity index (χ4v) is 0. The van der Waals surface area contributed by atoms with Crippen LogP contribution in [0.2, 0.25) is 0 Å². The van der Waals surface area contributed by atoms with Gasteiger partial charge in [0.2, 0.25) is 0 Å². The van der Waals surface area contributed by atoms with Gasteiger partial charge in [-0.2, -0.15) is 0 Å². The van der Waals surface area contributed by atoms with Crippen molar-refractivity contribution in [1.29, 1.82) is 0 Å². The third-order valence-electron chi connectivity index (χ3n) is 0.272. The van der Waals surface area contributed by atoms with Crippen molar-refractivity contribution in [2.45, 2.75) is 0 Å². The SMILES string of the molecule is [B]B=S(C)C. The summed E-state index contributed by atoms with van der Waals surface area (Å²) < 4.78 is 0. The van der Waals surface area contributed by atoms with Gasteiger partial charge in [0.1, 0.15) is 0 Å². The van der Waals surface area contributed by atoms with E-state index in [0.29, 0.717) is 10.3 Å². The molecule has 0 heterocycles. The van der Waals surface area contributed by atoms with Crippen LogP contribution in [0, 0.1) is 0 Å². The van der Waals surface area contributed by atoms with Crippen LogP contribution in [0.3, 0.4) is 0 Å². The second-order valence-electron chi connectivity index (χ2n) is 1.02. The monoisotopic (exact) mass is 84.0 g/mol. The van der Waals surface area contributed by atoms with Gasteiger partial charge in [-0.25, -0.2) is 0 Å². The van der Waals surface area contributed by atoms with Gasteiger partial charge in [-0.1, -0.05) is 0 Å². The Balaban J connectivity index is 3.14. The van der Waals surface area contributed by atoms with E-state index in [4.69, 9.17) is 7.74 Å². The minimum absolute atomic E-state index is 0.330. The van der Waals surface area contributed by atoms with Crippen LogP contribution in [-0.2, 0) is 0 Å². The maximum absolute atomic E-state index is 5.06. The minimum atomic E-state index is 0.330. The standard InChI is InChI=1S/C2H6B2S/c1-5(2)4-3/h1-2H3. The summed E-state index contributed by atoms with van der Waals surface area (Å²) >= 11 is 0. The van der Waals surface area contributed by atoms with E-state index in [1.807, 2.05) is 0 Å². The first-order valence-corrected chi connectivity index (χ1v) is 3.49. The van der Waals surface area contributed by atoms with Crippen LogP contribution < -0.4 is 0 Å². The Labute approximate surface area is 37.4 Å². The van der Waals surface area contributed by atoms with Crippen molar-refractivity contribution in [3.63, 3.8) is 0 Å². The molecule has 0 aromatic carbocycles. The summed E-state index contributed by atoms with van der Waals surface area (Å²) in [4.78, 5) is 0. The molecule has 0 saturated carbocycles. The van der Waals surface area contributed by atoms with Crippen molar-refractivity contribution < 1.29 is 0 Å². The first kappa shape index (κ1) is 5.48. The molecule has 0 aliphatic heterocycles. The van der Waals surface area contributed by atoms with Gasteiger partial charge in [0.25, 0.3) is 0 Å². The number of hydrogen-bond donors (Lipinski definition) is 0. The molecule has 0 saturated heterocycles. The van der Waals surface area contributed by atoms with Gasteiger partial charge in [-0.3, -0.25) is 0 Å². The molecule has 0 aromatic heterocycles. The van der Waals surface area contributed by atoms with Gasteiger partial charge in [0, 0.05) is 0 Å². The summed E-state index contributed by atoms with van der Waals surface area (Å²) in [6, 6.07) is 1.69. The molecular formula is C2H6B2S. The predicted molar refractivity (Wildman–Crippen MR) is 30.9 cm³/mol. The Morgan fingerprint density at radius 2 is 1.80 bits per heavy atom. The molecule has 5 heavy (non-hydrogen) atoms. The predicted octanol–water partition coefficient (Wildman–Crippen LogP) is 0.218. The second-order valence-corrected chi connectivity index (χ2v) is 3.05. The summed E-state index contributed by atoms with van der Waals surface area (Å²) in [5, 5.41) is 0. The summed E-state index contributed by atoms with van der Waals surface area (Å²) in [5.41, 5.74) is 0. The van der Waals surface area contributed by atoms with Crippen LogP contribution in [0.5, 0.6) is 0 Å². The summed E-state index contributed by atoms with van der Waals surface area (Å²) in [5.74, 6) is 0. The van der Waals surface area contributed by atoms with Crippen molar-refractivity contribution in [2.24, 2.45) is 0 Å². The third-order valence-corrected chi connectivity index (χ3v) is 0.816. The molecule has 0 fully saturated rings. The van der Waals surface area contributed by atoms with Crippen molar-refractivity contribution in [2.75, 3.05) is 12.5 Å². The summed E-state index contributed by atoms with van der Waals surface area (Å²) in [6.07, 6.45) is 4.14.